The first-order valence-electron chi connectivity index (χ1n) is 6.07. The highest BCUT2D eigenvalue weighted by Gasteiger charge is 2.15. The topological polar surface area (TPSA) is 82.5 Å². The number of carbonyl (C=O) groups excluding carboxylic acids is 1. The largest absolute Gasteiger partial charge is 0.478 e. The van der Waals surface area contributed by atoms with E-state index in [0.717, 1.165) is 0 Å². The zero-order valence-corrected chi connectivity index (χ0v) is 11.4. The molecule has 0 unspecified atom stereocenters. The molecule has 1 heterocycles. The summed E-state index contributed by atoms with van der Waals surface area (Å²) in [6.45, 7) is 4.71. The smallest absolute Gasteiger partial charge is 0.337 e. The number of amides is 1. The SMILES string of the molecule is CC(C)CNC(=O)CN(C)c1cnccc1C(=O)O. The van der Waals surface area contributed by atoms with Gasteiger partial charge in [0.15, 0.2) is 0 Å². The minimum Gasteiger partial charge on any atom is -0.478 e. The number of nitrogens with one attached hydrogen (secondary N) is 1. The van der Waals surface area contributed by atoms with Crippen LogP contribution in [0, 0.1) is 5.92 Å². The Morgan fingerprint density at radius 2 is 2.16 bits per heavy atom. The molecule has 1 aromatic rings. The molecule has 0 saturated heterocycles. The molecular formula is C13H19N3O3. The number of anilines is 1. The van der Waals surface area contributed by atoms with Gasteiger partial charge in [0, 0.05) is 19.8 Å². The van der Waals surface area contributed by atoms with Gasteiger partial charge in [-0.1, -0.05) is 13.8 Å². The molecule has 19 heavy (non-hydrogen) atoms. The first-order valence-corrected chi connectivity index (χ1v) is 6.07. The summed E-state index contributed by atoms with van der Waals surface area (Å²) in [5.41, 5.74) is 0.559. The zero-order chi connectivity index (χ0) is 14.4. The molecule has 0 bridgehead atoms. The fourth-order valence-corrected chi connectivity index (χ4v) is 1.55. The number of carboxylic acids is 1. The molecule has 0 aliphatic rings. The summed E-state index contributed by atoms with van der Waals surface area (Å²) in [6, 6.07) is 1.42. The Labute approximate surface area is 112 Å². The maximum absolute atomic E-state index is 11.7. The van der Waals surface area contributed by atoms with Gasteiger partial charge in [-0.3, -0.25) is 9.78 Å². The van der Waals surface area contributed by atoms with E-state index in [1.165, 1.54) is 18.5 Å². The molecule has 0 fully saturated rings. The predicted octanol–water partition coefficient (Wildman–Crippen LogP) is 0.988. The van der Waals surface area contributed by atoms with Gasteiger partial charge >= 0.3 is 5.97 Å². The molecule has 6 nitrogen and oxygen atoms in total. The molecule has 0 radical (unpaired) electrons. The number of pyridine rings is 1. The van der Waals surface area contributed by atoms with Crippen molar-refractivity contribution in [3.63, 3.8) is 0 Å². The molecule has 104 valence electrons. The highest BCUT2D eigenvalue weighted by atomic mass is 16.4. The van der Waals surface area contributed by atoms with Gasteiger partial charge in [-0.05, 0) is 12.0 Å². The van der Waals surface area contributed by atoms with Gasteiger partial charge in [-0.15, -0.1) is 0 Å². The number of nitrogens with zero attached hydrogens (tertiary/aromatic N) is 2. The molecule has 0 spiro atoms. The predicted molar refractivity (Wildman–Crippen MR) is 72.3 cm³/mol. The van der Waals surface area contributed by atoms with E-state index in [1.54, 1.807) is 11.9 Å². The number of hydrogen-bond acceptors (Lipinski definition) is 4. The Kier molecular flexibility index (Phi) is 5.29. The van der Waals surface area contributed by atoms with Gasteiger partial charge < -0.3 is 15.3 Å². The summed E-state index contributed by atoms with van der Waals surface area (Å²) in [4.78, 5) is 28.2. The summed E-state index contributed by atoms with van der Waals surface area (Å²) in [5.74, 6) is -0.801. The Balaban J connectivity index is 2.70. The van der Waals surface area contributed by atoms with E-state index < -0.39 is 5.97 Å². The zero-order valence-electron chi connectivity index (χ0n) is 11.4. The van der Waals surface area contributed by atoms with E-state index in [1.807, 2.05) is 13.8 Å². The number of aromatic nitrogens is 1. The average Bonchev–Trinajstić information content (AvgIpc) is 2.36. The summed E-state index contributed by atoms with van der Waals surface area (Å²) < 4.78 is 0. The van der Waals surface area contributed by atoms with Crippen LogP contribution < -0.4 is 10.2 Å². The third-order valence-corrected chi connectivity index (χ3v) is 2.53. The lowest BCUT2D eigenvalue weighted by molar-refractivity contribution is -0.119. The number of rotatable bonds is 6. The normalized spacial score (nSPS) is 10.3. The van der Waals surface area contributed by atoms with Gasteiger partial charge in [-0.25, -0.2) is 4.79 Å². The van der Waals surface area contributed by atoms with Gasteiger partial charge in [0.2, 0.25) is 5.91 Å². The van der Waals surface area contributed by atoms with Gasteiger partial charge in [-0.2, -0.15) is 0 Å². The minimum absolute atomic E-state index is 0.0959. The molecule has 0 aliphatic heterocycles. The molecular weight excluding hydrogens is 246 g/mol. The molecule has 1 amide bonds. The maximum atomic E-state index is 11.7. The molecule has 0 aliphatic carbocycles. The van der Waals surface area contributed by atoms with Crippen molar-refractivity contribution < 1.29 is 14.7 Å². The van der Waals surface area contributed by atoms with Gasteiger partial charge in [0.1, 0.15) is 0 Å². The van der Waals surface area contributed by atoms with E-state index in [4.69, 9.17) is 5.11 Å². The first-order chi connectivity index (χ1) is 8.91. The van der Waals surface area contributed by atoms with E-state index in [0.29, 0.717) is 18.2 Å². The van der Waals surface area contributed by atoms with Crippen LogP contribution >= 0.6 is 0 Å². The van der Waals surface area contributed by atoms with Crippen LogP contribution in [0.3, 0.4) is 0 Å². The Bertz CT molecular complexity index is 460. The molecule has 0 atom stereocenters. The first kappa shape index (κ1) is 14.9. The molecule has 1 rings (SSSR count). The fourth-order valence-electron chi connectivity index (χ4n) is 1.55. The molecule has 0 aromatic carbocycles. The number of likely N-dealkylation sites (N-methyl/N-ethyl adjacent to an activating group) is 1. The molecule has 0 saturated carbocycles. The van der Waals surface area contributed by atoms with Crippen molar-refractivity contribution in [3.05, 3.63) is 24.0 Å². The fraction of sp³-hybridized carbons (Fsp3) is 0.462. The number of aromatic carboxylic acids is 1. The van der Waals surface area contributed by atoms with Crippen molar-refractivity contribution in [1.82, 2.24) is 10.3 Å². The summed E-state index contributed by atoms with van der Waals surface area (Å²) in [5, 5.41) is 11.9. The lowest BCUT2D eigenvalue weighted by Crippen LogP contribution is -2.37. The van der Waals surface area contributed by atoms with Gasteiger partial charge in [0.05, 0.1) is 24.0 Å². The maximum Gasteiger partial charge on any atom is 0.337 e. The highest BCUT2D eigenvalue weighted by Crippen LogP contribution is 2.17. The Morgan fingerprint density at radius 1 is 1.47 bits per heavy atom. The molecule has 2 N–H and O–H groups in total. The monoisotopic (exact) mass is 265 g/mol. The molecule has 1 aromatic heterocycles. The van der Waals surface area contributed by atoms with Crippen LogP contribution in [0.2, 0.25) is 0 Å². The van der Waals surface area contributed by atoms with Crippen LogP contribution in [-0.4, -0.2) is 42.1 Å². The van der Waals surface area contributed by atoms with Crippen LogP contribution in [0.5, 0.6) is 0 Å². The Morgan fingerprint density at radius 3 is 2.74 bits per heavy atom. The quantitative estimate of drug-likeness (QED) is 0.801. The second-order valence-electron chi connectivity index (χ2n) is 4.75. The number of hydrogen-bond donors (Lipinski definition) is 2. The van der Waals surface area contributed by atoms with Crippen LogP contribution in [0.1, 0.15) is 24.2 Å². The highest BCUT2D eigenvalue weighted by molar-refractivity contribution is 5.95. The van der Waals surface area contributed by atoms with Crippen molar-refractivity contribution in [2.24, 2.45) is 5.92 Å². The summed E-state index contributed by atoms with van der Waals surface area (Å²) >= 11 is 0. The van der Waals surface area contributed by atoms with Crippen molar-refractivity contribution in [2.45, 2.75) is 13.8 Å². The lowest BCUT2D eigenvalue weighted by atomic mass is 10.2. The lowest BCUT2D eigenvalue weighted by Gasteiger charge is -2.20. The van der Waals surface area contributed by atoms with E-state index in [2.05, 4.69) is 10.3 Å². The third kappa shape index (κ3) is 4.57. The van der Waals surface area contributed by atoms with Crippen LogP contribution in [0.4, 0.5) is 5.69 Å². The summed E-state index contributed by atoms with van der Waals surface area (Å²) in [6.07, 6.45) is 2.86. The summed E-state index contributed by atoms with van der Waals surface area (Å²) in [7, 11) is 1.67. The minimum atomic E-state index is -1.04. The second kappa shape index (κ2) is 6.72. The van der Waals surface area contributed by atoms with Crippen LogP contribution in [0.15, 0.2) is 18.5 Å². The average molecular weight is 265 g/mol. The van der Waals surface area contributed by atoms with Crippen molar-refractivity contribution in [1.29, 1.82) is 0 Å². The van der Waals surface area contributed by atoms with Crippen molar-refractivity contribution in [2.75, 3.05) is 25.0 Å². The van der Waals surface area contributed by atoms with Crippen LogP contribution in [0.25, 0.3) is 0 Å². The number of carboxylic acid groups (broad SMARTS) is 1. The van der Waals surface area contributed by atoms with Crippen LogP contribution in [-0.2, 0) is 4.79 Å². The van der Waals surface area contributed by atoms with Crippen molar-refractivity contribution in [3.8, 4) is 0 Å². The number of carbonyl (C=O) groups is 2. The molecule has 6 heteroatoms. The van der Waals surface area contributed by atoms with Crippen molar-refractivity contribution >= 4 is 17.6 Å². The Hall–Kier alpha value is -2.11. The second-order valence-corrected chi connectivity index (χ2v) is 4.75. The van der Waals surface area contributed by atoms with E-state index >= 15 is 0 Å². The standard InChI is InChI=1S/C13H19N3O3/c1-9(2)6-15-12(17)8-16(3)11-7-14-5-4-10(11)13(18)19/h4-5,7,9H,6,8H2,1-3H3,(H,15,17)(H,18,19). The van der Waals surface area contributed by atoms with E-state index in [-0.39, 0.29) is 18.0 Å². The van der Waals surface area contributed by atoms with E-state index in [9.17, 15) is 9.59 Å². The van der Waals surface area contributed by atoms with Gasteiger partial charge in [0.25, 0.3) is 0 Å². The third-order valence-electron chi connectivity index (χ3n) is 2.53.